The van der Waals surface area contributed by atoms with Gasteiger partial charge in [-0.25, -0.2) is 9.97 Å². The first-order valence-corrected chi connectivity index (χ1v) is 11.1. The number of benzene rings is 1. The molecule has 1 aliphatic heterocycles. The van der Waals surface area contributed by atoms with Crippen LogP contribution in [0.1, 0.15) is 26.7 Å². The molecule has 1 fully saturated rings. The van der Waals surface area contributed by atoms with Gasteiger partial charge >= 0.3 is 5.97 Å². The quantitative estimate of drug-likeness (QED) is 0.469. The smallest absolute Gasteiger partial charge is 0.306 e. The first-order valence-electron chi connectivity index (χ1n) is 11.1. The third-order valence-corrected chi connectivity index (χ3v) is 5.39. The highest BCUT2D eigenvalue weighted by atomic mass is 16.5. The molecule has 11 heteroatoms. The molecule has 11 nitrogen and oxygen atoms in total. The van der Waals surface area contributed by atoms with Crippen molar-refractivity contribution in [1.82, 2.24) is 29.9 Å². The fourth-order valence-electron chi connectivity index (χ4n) is 3.76. The van der Waals surface area contributed by atoms with Gasteiger partial charge in [0.05, 0.1) is 25.3 Å². The molecule has 1 aliphatic rings. The van der Waals surface area contributed by atoms with Crippen LogP contribution in [0.5, 0.6) is 5.75 Å². The first kappa shape index (κ1) is 22.4. The van der Waals surface area contributed by atoms with E-state index in [0.29, 0.717) is 56.4 Å². The van der Waals surface area contributed by atoms with E-state index < -0.39 is 0 Å². The van der Waals surface area contributed by atoms with E-state index in [1.165, 1.54) is 6.33 Å². The van der Waals surface area contributed by atoms with Gasteiger partial charge in [-0.1, -0.05) is 5.21 Å². The van der Waals surface area contributed by atoms with Gasteiger partial charge in [-0.3, -0.25) is 9.59 Å². The maximum absolute atomic E-state index is 12.4. The second-order valence-electron chi connectivity index (χ2n) is 7.47. The number of nitrogens with zero attached hydrogens (tertiary/aromatic N) is 7. The SMILES string of the molecule is CCOC(=O)CCC(=O)N1CCN(c2ncnc3c2nnn3-c2ccc(OCC)cc2)CC1. The molecule has 0 aliphatic carbocycles. The zero-order valence-electron chi connectivity index (χ0n) is 18.8. The summed E-state index contributed by atoms with van der Waals surface area (Å²) in [6.07, 6.45) is 1.77. The summed E-state index contributed by atoms with van der Waals surface area (Å²) < 4.78 is 12.1. The number of carbonyl (C=O) groups excluding carboxylic acids is 2. The molecule has 2 aromatic heterocycles. The van der Waals surface area contributed by atoms with E-state index in [9.17, 15) is 9.59 Å². The van der Waals surface area contributed by atoms with Gasteiger partial charge < -0.3 is 19.3 Å². The lowest BCUT2D eigenvalue weighted by Gasteiger charge is -2.35. The molecule has 0 unspecified atom stereocenters. The molecule has 0 radical (unpaired) electrons. The molecule has 0 spiro atoms. The predicted octanol–water partition coefficient (Wildman–Crippen LogP) is 1.60. The number of anilines is 1. The minimum atomic E-state index is -0.344. The number of hydrogen-bond donors (Lipinski definition) is 0. The highest BCUT2D eigenvalue weighted by Crippen LogP contribution is 2.24. The fourth-order valence-corrected chi connectivity index (χ4v) is 3.76. The number of fused-ring (bicyclic) bond motifs is 1. The molecule has 0 N–H and O–H groups in total. The third kappa shape index (κ3) is 5.02. The lowest BCUT2D eigenvalue weighted by molar-refractivity contribution is -0.145. The Labute approximate surface area is 191 Å². The van der Waals surface area contributed by atoms with Crippen LogP contribution in [0, 0.1) is 0 Å². The normalized spacial score (nSPS) is 13.9. The second-order valence-corrected chi connectivity index (χ2v) is 7.47. The van der Waals surface area contributed by atoms with Gasteiger partial charge in [0.1, 0.15) is 12.1 Å². The van der Waals surface area contributed by atoms with Crippen LogP contribution in [0.4, 0.5) is 5.82 Å². The standard InChI is InChI=1S/C22H27N7O4/c1-3-32-17-7-5-16(6-8-17)29-22-20(25-26-29)21(23-15-24-22)28-13-11-27(12-14-28)18(30)9-10-19(31)33-4-2/h5-8,15H,3-4,9-14H2,1-2H3. The van der Waals surface area contributed by atoms with Crippen molar-refractivity contribution in [1.29, 1.82) is 0 Å². The van der Waals surface area contributed by atoms with Gasteiger partial charge in [-0.2, -0.15) is 4.68 Å². The number of rotatable bonds is 8. The number of carbonyl (C=O) groups is 2. The molecule has 3 heterocycles. The number of amides is 1. The topological polar surface area (TPSA) is 116 Å². The third-order valence-electron chi connectivity index (χ3n) is 5.39. The summed E-state index contributed by atoms with van der Waals surface area (Å²) >= 11 is 0. The monoisotopic (exact) mass is 453 g/mol. The summed E-state index contributed by atoms with van der Waals surface area (Å²) in [6, 6.07) is 7.57. The van der Waals surface area contributed by atoms with Gasteiger partial charge in [0.2, 0.25) is 5.91 Å². The van der Waals surface area contributed by atoms with Crippen LogP contribution in [0.15, 0.2) is 30.6 Å². The molecule has 1 amide bonds. The van der Waals surface area contributed by atoms with Gasteiger partial charge in [-0.05, 0) is 38.1 Å². The lowest BCUT2D eigenvalue weighted by atomic mass is 10.2. The Morgan fingerprint density at radius 3 is 2.42 bits per heavy atom. The number of piperazine rings is 1. The van der Waals surface area contributed by atoms with Crippen LogP contribution in [0.2, 0.25) is 0 Å². The van der Waals surface area contributed by atoms with E-state index in [1.807, 2.05) is 31.2 Å². The van der Waals surface area contributed by atoms with Crippen molar-refractivity contribution < 1.29 is 19.1 Å². The Kier molecular flexibility index (Phi) is 6.96. The van der Waals surface area contributed by atoms with Crippen LogP contribution < -0.4 is 9.64 Å². The zero-order valence-corrected chi connectivity index (χ0v) is 18.8. The van der Waals surface area contributed by atoms with Crippen molar-refractivity contribution in [3.63, 3.8) is 0 Å². The van der Waals surface area contributed by atoms with Crippen LogP contribution in [0.3, 0.4) is 0 Å². The fraction of sp³-hybridized carbons (Fsp3) is 0.455. The Morgan fingerprint density at radius 1 is 0.970 bits per heavy atom. The number of esters is 1. The van der Waals surface area contributed by atoms with E-state index in [-0.39, 0.29) is 24.7 Å². The summed E-state index contributed by atoms with van der Waals surface area (Å²) in [5, 5.41) is 8.62. The maximum atomic E-state index is 12.4. The summed E-state index contributed by atoms with van der Waals surface area (Å²) in [4.78, 5) is 36.6. The van der Waals surface area contributed by atoms with Gasteiger partial charge in [0.15, 0.2) is 17.0 Å². The average molecular weight is 454 g/mol. The summed E-state index contributed by atoms with van der Waals surface area (Å²) in [6.45, 7) is 6.91. The first-order chi connectivity index (χ1) is 16.1. The Morgan fingerprint density at radius 2 is 1.73 bits per heavy atom. The molecular formula is C22H27N7O4. The lowest BCUT2D eigenvalue weighted by Crippen LogP contribution is -2.49. The van der Waals surface area contributed by atoms with Crippen molar-refractivity contribution >= 4 is 28.9 Å². The Bertz CT molecular complexity index is 1110. The number of hydrogen-bond acceptors (Lipinski definition) is 9. The predicted molar refractivity (Wildman–Crippen MR) is 120 cm³/mol. The summed E-state index contributed by atoms with van der Waals surface area (Å²) in [5.74, 6) is 1.09. The Balaban J connectivity index is 1.43. The van der Waals surface area contributed by atoms with Crippen LogP contribution in [0.25, 0.3) is 16.9 Å². The molecule has 3 aromatic rings. The largest absolute Gasteiger partial charge is 0.494 e. The molecular weight excluding hydrogens is 426 g/mol. The molecule has 0 saturated carbocycles. The van der Waals surface area contributed by atoms with Gasteiger partial charge in [-0.15, -0.1) is 5.10 Å². The van der Waals surface area contributed by atoms with E-state index in [0.717, 1.165) is 11.4 Å². The van der Waals surface area contributed by atoms with E-state index in [1.54, 1.807) is 16.5 Å². The van der Waals surface area contributed by atoms with E-state index >= 15 is 0 Å². The maximum Gasteiger partial charge on any atom is 0.306 e. The van der Waals surface area contributed by atoms with Crippen molar-refractivity contribution in [2.24, 2.45) is 0 Å². The minimum Gasteiger partial charge on any atom is -0.494 e. The molecule has 0 bridgehead atoms. The van der Waals surface area contributed by atoms with E-state index in [2.05, 4.69) is 25.2 Å². The summed E-state index contributed by atoms with van der Waals surface area (Å²) in [5.41, 5.74) is 2.04. The highest BCUT2D eigenvalue weighted by Gasteiger charge is 2.25. The van der Waals surface area contributed by atoms with Crippen molar-refractivity contribution in [2.45, 2.75) is 26.7 Å². The molecule has 4 rings (SSSR count). The van der Waals surface area contributed by atoms with Crippen molar-refractivity contribution in [3.05, 3.63) is 30.6 Å². The Hall–Kier alpha value is -3.76. The van der Waals surface area contributed by atoms with Crippen LogP contribution >= 0.6 is 0 Å². The molecule has 174 valence electrons. The molecule has 1 saturated heterocycles. The number of aromatic nitrogens is 5. The average Bonchev–Trinajstić information content (AvgIpc) is 3.28. The van der Waals surface area contributed by atoms with Crippen LogP contribution in [-0.4, -0.2) is 81.1 Å². The molecule has 1 aromatic carbocycles. The molecule has 0 atom stereocenters. The highest BCUT2D eigenvalue weighted by molar-refractivity contribution is 5.84. The van der Waals surface area contributed by atoms with Crippen LogP contribution in [-0.2, 0) is 14.3 Å². The zero-order chi connectivity index (χ0) is 23.2. The summed E-state index contributed by atoms with van der Waals surface area (Å²) in [7, 11) is 0. The minimum absolute atomic E-state index is 0.0445. The van der Waals surface area contributed by atoms with Crippen molar-refractivity contribution in [3.8, 4) is 11.4 Å². The van der Waals surface area contributed by atoms with Crippen molar-refractivity contribution in [2.75, 3.05) is 44.3 Å². The van der Waals surface area contributed by atoms with Gasteiger partial charge in [0.25, 0.3) is 0 Å². The second kappa shape index (κ2) is 10.2. The van der Waals surface area contributed by atoms with E-state index in [4.69, 9.17) is 9.47 Å². The van der Waals surface area contributed by atoms with Gasteiger partial charge in [0, 0.05) is 32.6 Å². The molecule has 33 heavy (non-hydrogen) atoms. The number of ether oxygens (including phenoxy) is 2.